The van der Waals surface area contributed by atoms with Crippen LogP contribution in [-0.2, 0) is 30.9 Å². The highest BCUT2D eigenvalue weighted by Gasteiger charge is 2.21. The number of benzene rings is 4. The first-order valence-corrected chi connectivity index (χ1v) is 15.7. The summed E-state index contributed by atoms with van der Waals surface area (Å²) in [7, 11) is 1.55. The summed E-state index contributed by atoms with van der Waals surface area (Å²) < 4.78 is 13.4. The molecule has 0 atom stereocenters. The second kappa shape index (κ2) is 14.5. The van der Waals surface area contributed by atoms with Gasteiger partial charge < -0.3 is 19.4 Å². The van der Waals surface area contributed by atoms with Crippen molar-refractivity contribution in [3.8, 4) is 22.9 Å². The summed E-state index contributed by atoms with van der Waals surface area (Å²) in [4.78, 5) is 31.3. The Morgan fingerprint density at radius 1 is 0.896 bits per heavy atom. The molecule has 0 aliphatic heterocycles. The Morgan fingerprint density at radius 3 is 2.48 bits per heavy atom. The summed E-state index contributed by atoms with van der Waals surface area (Å²) in [6, 6.07) is 32.1. The van der Waals surface area contributed by atoms with Crippen LogP contribution >= 0.6 is 0 Å². The van der Waals surface area contributed by atoms with Gasteiger partial charge in [0.15, 0.2) is 0 Å². The van der Waals surface area contributed by atoms with E-state index < -0.39 is 5.97 Å². The number of amides is 1. The number of carbonyl (C=O) groups is 2. The standard InChI is InChI=1S/C40H34N4O4/c1-3-44-25-32(34-15-11-28(22-41)18-38(34)44)19-30-12-13-31(39(45)43-24-29-10-7-17-42-23-29)20-36(30)35-16-14-33(47-2)21-37(35)40(46)48-26-27-8-5-4-6-9-27/h4-18,20-21,23,25H,3,19,24,26H2,1-2H3,(H,43,45). The maximum Gasteiger partial charge on any atom is 0.339 e. The third-order valence-corrected chi connectivity index (χ3v) is 8.31. The van der Waals surface area contributed by atoms with Crippen LogP contribution in [0.15, 0.2) is 116 Å². The van der Waals surface area contributed by atoms with Crippen LogP contribution in [-0.4, -0.2) is 28.5 Å². The number of nitriles is 1. The molecule has 0 aliphatic carbocycles. The normalized spacial score (nSPS) is 10.8. The Hall–Kier alpha value is -6.20. The van der Waals surface area contributed by atoms with Crippen LogP contribution in [0.1, 0.15) is 55.5 Å². The molecule has 6 aromatic rings. The van der Waals surface area contributed by atoms with Crippen molar-refractivity contribution in [3.63, 3.8) is 0 Å². The monoisotopic (exact) mass is 634 g/mol. The van der Waals surface area contributed by atoms with Gasteiger partial charge in [-0.3, -0.25) is 9.78 Å². The number of aromatic nitrogens is 2. The van der Waals surface area contributed by atoms with Gasteiger partial charge in [-0.25, -0.2) is 4.79 Å². The van der Waals surface area contributed by atoms with Crippen LogP contribution in [0.3, 0.4) is 0 Å². The average Bonchev–Trinajstić information content (AvgIpc) is 3.49. The minimum atomic E-state index is -0.503. The van der Waals surface area contributed by atoms with Crippen molar-refractivity contribution in [2.24, 2.45) is 0 Å². The molecule has 0 unspecified atom stereocenters. The number of pyridine rings is 1. The Kier molecular flexibility index (Phi) is 9.59. The molecule has 238 valence electrons. The van der Waals surface area contributed by atoms with Crippen molar-refractivity contribution in [1.82, 2.24) is 14.9 Å². The Morgan fingerprint density at radius 2 is 1.73 bits per heavy atom. The summed E-state index contributed by atoms with van der Waals surface area (Å²) in [6.45, 7) is 3.24. The van der Waals surface area contributed by atoms with Gasteiger partial charge in [0.2, 0.25) is 0 Å². The van der Waals surface area contributed by atoms with Gasteiger partial charge in [-0.15, -0.1) is 0 Å². The van der Waals surface area contributed by atoms with Gasteiger partial charge >= 0.3 is 5.97 Å². The zero-order valence-electron chi connectivity index (χ0n) is 26.8. The maximum absolute atomic E-state index is 13.7. The molecule has 0 spiro atoms. The third kappa shape index (κ3) is 6.96. The summed E-state index contributed by atoms with van der Waals surface area (Å²) in [5, 5.41) is 13.5. The number of rotatable bonds is 11. The summed E-state index contributed by atoms with van der Waals surface area (Å²) in [6.07, 6.45) is 6.03. The minimum Gasteiger partial charge on any atom is -0.497 e. The number of esters is 1. The third-order valence-electron chi connectivity index (χ3n) is 8.31. The maximum atomic E-state index is 13.7. The predicted octanol–water partition coefficient (Wildman–Crippen LogP) is 7.48. The van der Waals surface area contributed by atoms with Crippen LogP contribution in [0.25, 0.3) is 22.0 Å². The van der Waals surface area contributed by atoms with Gasteiger partial charge in [0.25, 0.3) is 5.91 Å². The number of nitrogens with zero attached hydrogens (tertiary/aromatic N) is 3. The quantitative estimate of drug-likeness (QED) is 0.148. The molecule has 6 rings (SSSR count). The van der Waals surface area contributed by atoms with Gasteiger partial charge in [-0.2, -0.15) is 5.26 Å². The van der Waals surface area contributed by atoms with Crippen LogP contribution < -0.4 is 10.1 Å². The molecule has 0 fully saturated rings. The molecule has 2 aromatic heterocycles. The largest absolute Gasteiger partial charge is 0.497 e. The predicted molar refractivity (Wildman–Crippen MR) is 185 cm³/mol. The number of aryl methyl sites for hydroxylation is 1. The highest BCUT2D eigenvalue weighted by molar-refractivity contribution is 6.00. The number of ether oxygens (including phenoxy) is 2. The second-order valence-corrected chi connectivity index (χ2v) is 11.3. The summed E-state index contributed by atoms with van der Waals surface area (Å²) in [5.41, 5.74) is 7.44. The van der Waals surface area contributed by atoms with Gasteiger partial charge in [0, 0.05) is 54.6 Å². The Balaban J connectivity index is 1.42. The topological polar surface area (TPSA) is 106 Å². The van der Waals surface area contributed by atoms with E-state index in [2.05, 4.69) is 34.1 Å². The first kappa shape index (κ1) is 31.8. The van der Waals surface area contributed by atoms with Crippen molar-refractivity contribution in [2.75, 3.05) is 7.11 Å². The Labute approximate surface area is 279 Å². The zero-order chi connectivity index (χ0) is 33.5. The number of nitrogens with one attached hydrogen (secondary N) is 1. The average molecular weight is 635 g/mol. The van der Waals surface area contributed by atoms with Crippen LogP contribution in [0, 0.1) is 11.3 Å². The molecular weight excluding hydrogens is 600 g/mol. The molecule has 0 aliphatic rings. The van der Waals surface area contributed by atoms with Crippen LogP contribution in [0.2, 0.25) is 0 Å². The minimum absolute atomic E-state index is 0.112. The van der Waals surface area contributed by atoms with Crippen molar-refractivity contribution >= 4 is 22.8 Å². The van der Waals surface area contributed by atoms with Gasteiger partial charge in [0.05, 0.1) is 24.3 Å². The SMILES string of the molecule is CCn1cc(Cc2ccc(C(=O)NCc3cccnc3)cc2-c2ccc(OC)cc2C(=O)OCc2ccccc2)c2ccc(C#N)cc21. The molecule has 1 amide bonds. The van der Waals surface area contributed by atoms with Crippen molar-refractivity contribution in [3.05, 3.63) is 155 Å². The van der Waals surface area contributed by atoms with E-state index in [4.69, 9.17) is 9.47 Å². The molecule has 1 N–H and O–H groups in total. The van der Waals surface area contributed by atoms with Crippen LogP contribution in [0.5, 0.6) is 5.75 Å². The van der Waals surface area contributed by atoms with E-state index in [0.717, 1.165) is 45.3 Å². The molecule has 4 aromatic carbocycles. The number of hydrogen-bond acceptors (Lipinski definition) is 6. The lowest BCUT2D eigenvalue weighted by molar-refractivity contribution is 0.0473. The highest BCUT2D eigenvalue weighted by atomic mass is 16.5. The number of carbonyl (C=O) groups excluding carboxylic acids is 2. The molecule has 0 radical (unpaired) electrons. The van der Waals surface area contributed by atoms with E-state index in [1.807, 2.05) is 78.9 Å². The molecular formula is C40H34N4O4. The Bertz CT molecular complexity index is 2130. The van der Waals surface area contributed by atoms with E-state index in [9.17, 15) is 14.9 Å². The smallest absolute Gasteiger partial charge is 0.339 e. The van der Waals surface area contributed by atoms with Crippen molar-refractivity contribution < 1.29 is 19.1 Å². The van der Waals surface area contributed by atoms with E-state index >= 15 is 0 Å². The van der Waals surface area contributed by atoms with E-state index in [0.29, 0.717) is 41.0 Å². The van der Waals surface area contributed by atoms with Crippen LogP contribution in [0.4, 0.5) is 0 Å². The number of fused-ring (bicyclic) bond motifs is 1. The fraction of sp³-hybridized carbons (Fsp3) is 0.150. The molecule has 8 heteroatoms. The number of methoxy groups -OCH3 is 1. The lowest BCUT2D eigenvalue weighted by atomic mass is 9.90. The fourth-order valence-corrected chi connectivity index (χ4v) is 5.81. The van der Waals surface area contributed by atoms with Gasteiger partial charge in [-0.05, 0) is 88.8 Å². The summed E-state index contributed by atoms with van der Waals surface area (Å²) in [5.74, 6) is -0.242. The van der Waals surface area contributed by atoms with Crippen molar-refractivity contribution in [2.45, 2.75) is 33.0 Å². The molecule has 2 heterocycles. The molecule has 0 saturated heterocycles. The molecule has 0 saturated carbocycles. The van der Waals surface area contributed by atoms with Gasteiger partial charge in [0.1, 0.15) is 12.4 Å². The molecule has 48 heavy (non-hydrogen) atoms. The lowest BCUT2D eigenvalue weighted by Gasteiger charge is -2.17. The molecule has 0 bridgehead atoms. The van der Waals surface area contributed by atoms with E-state index in [1.165, 1.54) is 0 Å². The lowest BCUT2D eigenvalue weighted by Crippen LogP contribution is -2.23. The molecule has 8 nitrogen and oxygen atoms in total. The summed E-state index contributed by atoms with van der Waals surface area (Å²) >= 11 is 0. The zero-order valence-corrected chi connectivity index (χ0v) is 26.8. The first-order valence-electron chi connectivity index (χ1n) is 15.7. The van der Waals surface area contributed by atoms with Crippen molar-refractivity contribution in [1.29, 1.82) is 5.26 Å². The van der Waals surface area contributed by atoms with E-state index in [-0.39, 0.29) is 12.5 Å². The fourth-order valence-electron chi connectivity index (χ4n) is 5.81. The van der Waals surface area contributed by atoms with E-state index in [1.54, 1.807) is 37.7 Å². The second-order valence-electron chi connectivity index (χ2n) is 11.3. The van der Waals surface area contributed by atoms with Gasteiger partial charge in [-0.1, -0.05) is 48.5 Å². The number of hydrogen-bond donors (Lipinski definition) is 1. The highest BCUT2D eigenvalue weighted by Crippen LogP contribution is 2.35. The first-order chi connectivity index (χ1) is 23.5.